The summed E-state index contributed by atoms with van der Waals surface area (Å²) in [5.74, 6) is -1.55. The SMILES string of the molecule is COc1cc(C=CC(=O)OC2C(O)OC(CO)C(O)C2OC(C)=O)ccc1O. The molecule has 1 aliphatic rings. The summed E-state index contributed by atoms with van der Waals surface area (Å²) >= 11 is 0. The molecule has 1 aromatic rings. The highest BCUT2D eigenvalue weighted by atomic mass is 16.7. The Bertz CT molecular complexity index is 731. The van der Waals surface area contributed by atoms with Gasteiger partial charge in [-0.05, 0) is 23.8 Å². The van der Waals surface area contributed by atoms with E-state index in [0.717, 1.165) is 13.0 Å². The molecule has 1 aromatic carbocycles. The van der Waals surface area contributed by atoms with Gasteiger partial charge in [0, 0.05) is 13.0 Å². The molecule has 1 aliphatic heterocycles. The number of phenols is 1. The summed E-state index contributed by atoms with van der Waals surface area (Å²) in [5.41, 5.74) is 0.518. The number of esters is 2. The van der Waals surface area contributed by atoms with Crippen LogP contribution in [0.3, 0.4) is 0 Å². The Kier molecular flexibility index (Phi) is 7.35. The average Bonchev–Trinajstić information content (AvgIpc) is 2.66. The van der Waals surface area contributed by atoms with Crippen LogP contribution in [0.15, 0.2) is 24.3 Å². The first-order valence-electron chi connectivity index (χ1n) is 8.32. The number of methoxy groups -OCH3 is 1. The van der Waals surface area contributed by atoms with Gasteiger partial charge in [0.1, 0.15) is 12.2 Å². The fourth-order valence-corrected chi connectivity index (χ4v) is 2.65. The first kappa shape index (κ1) is 21.6. The number of phenolic OH excluding ortho intramolecular Hbond substituents is 1. The highest BCUT2D eigenvalue weighted by Gasteiger charge is 2.48. The summed E-state index contributed by atoms with van der Waals surface area (Å²) in [6.45, 7) is 0.443. The number of hydrogen-bond donors (Lipinski definition) is 4. The first-order valence-corrected chi connectivity index (χ1v) is 8.32. The van der Waals surface area contributed by atoms with Crippen molar-refractivity contribution < 1.29 is 49.0 Å². The summed E-state index contributed by atoms with van der Waals surface area (Å²) in [7, 11) is 1.38. The highest BCUT2D eigenvalue weighted by molar-refractivity contribution is 5.87. The molecule has 28 heavy (non-hydrogen) atoms. The van der Waals surface area contributed by atoms with Gasteiger partial charge in [-0.1, -0.05) is 6.07 Å². The van der Waals surface area contributed by atoms with Gasteiger partial charge in [-0.25, -0.2) is 4.79 Å². The Hall–Kier alpha value is -2.66. The Morgan fingerprint density at radius 3 is 2.54 bits per heavy atom. The molecule has 1 fully saturated rings. The molecule has 0 amide bonds. The zero-order valence-electron chi connectivity index (χ0n) is 15.2. The van der Waals surface area contributed by atoms with Gasteiger partial charge < -0.3 is 39.4 Å². The molecule has 10 nitrogen and oxygen atoms in total. The van der Waals surface area contributed by atoms with Gasteiger partial charge >= 0.3 is 11.9 Å². The Balaban J connectivity index is 2.12. The number of aliphatic hydroxyl groups is 3. The van der Waals surface area contributed by atoms with Crippen molar-refractivity contribution in [2.75, 3.05) is 13.7 Å². The standard InChI is InChI=1S/C18H22O10/c1-9(20)26-16-15(23)13(8-19)27-18(24)17(16)28-14(22)6-4-10-3-5-11(21)12(7-10)25-2/h3-7,13,15-19,21,23-24H,8H2,1-2H3. The molecule has 0 aliphatic carbocycles. The molecular weight excluding hydrogens is 376 g/mol. The second kappa shape index (κ2) is 9.51. The predicted octanol–water partition coefficient (Wildman–Crippen LogP) is -0.672. The number of carbonyl (C=O) groups excluding carboxylic acids is 2. The van der Waals surface area contributed by atoms with Crippen LogP contribution in [-0.2, 0) is 23.8 Å². The van der Waals surface area contributed by atoms with Gasteiger partial charge in [0.25, 0.3) is 0 Å². The lowest BCUT2D eigenvalue weighted by molar-refractivity contribution is -0.292. The minimum absolute atomic E-state index is 0.0682. The normalized spacial score (nSPS) is 27.4. The van der Waals surface area contributed by atoms with E-state index in [1.807, 2.05) is 0 Å². The third-order valence-electron chi connectivity index (χ3n) is 3.99. The van der Waals surface area contributed by atoms with E-state index in [0.29, 0.717) is 5.56 Å². The largest absolute Gasteiger partial charge is 0.504 e. The van der Waals surface area contributed by atoms with Crippen molar-refractivity contribution in [1.29, 1.82) is 0 Å². The molecule has 10 heteroatoms. The van der Waals surface area contributed by atoms with Crippen molar-refractivity contribution in [3.05, 3.63) is 29.8 Å². The average molecular weight is 398 g/mol. The van der Waals surface area contributed by atoms with Crippen LogP contribution < -0.4 is 4.74 Å². The van der Waals surface area contributed by atoms with E-state index in [4.69, 9.17) is 18.9 Å². The van der Waals surface area contributed by atoms with Crippen molar-refractivity contribution in [3.63, 3.8) is 0 Å². The first-order chi connectivity index (χ1) is 13.3. The Morgan fingerprint density at radius 2 is 1.93 bits per heavy atom. The summed E-state index contributed by atoms with van der Waals surface area (Å²) in [5, 5.41) is 38.9. The van der Waals surface area contributed by atoms with Crippen LogP contribution in [0.25, 0.3) is 6.08 Å². The minimum Gasteiger partial charge on any atom is -0.504 e. The zero-order chi connectivity index (χ0) is 20.8. The van der Waals surface area contributed by atoms with Gasteiger partial charge in [0.15, 0.2) is 30.0 Å². The van der Waals surface area contributed by atoms with E-state index < -0.39 is 49.3 Å². The van der Waals surface area contributed by atoms with Crippen LogP contribution in [0, 0.1) is 0 Å². The second-order valence-corrected chi connectivity index (χ2v) is 5.98. The Labute approximate surface area is 160 Å². The van der Waals surface area contributed by atoms with Crippen LogP contribution in [0.2, 0.25) is 0 Å². The summed E-state index contributed by atoms with van der Waals surface area (Å²) < 4.78 is 20.0. The fraction of sp³-hybridized carbons (Fsp3) is 0.444. The highest BCUT2D eigenvalue weighted by Crippen LogP contribution is 2.27. The maximum atomic E-state index is 12.1. The monoisotopic (exact) mass is 398 g/mol. The number of hydrogen-bond acceptors (Lipinski definition) is 10. The zero-order valence-corrected chi connectivity index (χ0v) is 15.2. The van der Waals surface area contributed by atoms with Crippen molar-refractivity contribution in [3.8, 4) is 11.5 Å². The van der Waals surface area contributed by atoms with E-state index in [1.165, 1.54) is 31.4 Å². The van der Waals surface area contributed by atoms with Crippen molar-refractivity contribution in [2.45, 2.75) is 37.6 Å². The van der Waals surface area contributed by atoms with E-state index in [-0.39, 0.29) is 11.5 Å². The minimum atomic E-state index is -1.73. The predicted molar refractivity (Wildman–Crippen MR) is 93.1 cm³/mol. The van der Waals surface area contributed by atoms with E-state index in [1.54, 1.807) is 0 Å². The lowest BCUT2D eigenvalue weighted by atomic mass is 9.99. The molecule has 2 rings (SSSR count). The summed E-state index contributed by atoms with van der Waals surface area (Å²) in [6.07, 6.45) is -4.98. The van der Waals surface area contributed by atoms with Crippen LogP contribution in [-0.4, -0.2) is 76.8 Å². The molecule has 4 N–H and O–H groups in total. The molecule has 5 unspecified atom stereocenters. The second-order valence-electron chi connectivity index (χ2n) is 5.98. The molecule has 154 valence electrons. The number of ether oxygens (including phenoxy) is 4. The summed E-state index contributed by atoms with van der Waals surface area (Å²) in [4.78, 5) is 23.4. The Morgan fingerprint density at radius 1 is 1.21 bits per heavy atom. The number of rotatable bonds is 6. The molecule has 0 bridgehead atoms. The number of benzene rings is 1. The third-order valence-corrected chi connectivity index (χ3v) is 3.99. The number of carbonyl (C=O) groups is 2. The topological polar surface area (TPSA) is 152 Å². The molecule has 0 saturated carbocycles. The van der Waals surface area contributed by atoms with Crippen molar-refractivity contribution in [2.24, 2.45) is 0 Å². The molecule has 1 heterocycles. The van der Waals surface area contributed by atoms with Gasteiger partial charge in [-0.15, -0.1) is 0 Å². The molecule has 5 atom stereocenters. The maximum Gasteiger partial charge on any atom is 0.331 e. The molecule has 0 spiro atoms. The van der Waals surface area contributed by atoms with Crippen LogP contribution >= 0.6 is 0 Å². The summed E-state index contributed by atoms with van der Waals surface area (Å²) in [6, 6.07) is 4.39. The third kappa shape index (κ3) is 5.20. The lowest BCUT2D eigenvalue weighted by Crippen LogP contribution is -2.61. The van der Waals surface area contributed by atoms with Crippen LogP contribution in [0.5, 0.6) is 11.5 Å². The van der Waals surface area contributed by atoms with E-state index >= 15 is 0 Å². The van der Waals surface area contributed by atoms with Gasteiger partial charge in [-0.2, -0.15) is 0 Å². The maximum absolute atomic E-state index is 12.1. The van der Waals surface area contributed by atoms with Gasteiger partial charge in [0.05, 0.1) is 13.7 Å². The molecular formula is C18H22O10. The van der Waals surface area contributed by atoms with Crippen molar-refractivity contribution >= 4 is 18.0 Å². The van der Waals surface area contributed by atoms with Crippen LogP contribution in [0.4, 0.5) is 0 Å². The van der Waals surface area contributed by atoms with Crippen LogP contribution in [0.1, 0.15) is 12.5 Å². The van der Waals surface area contributed by atoms with Gasteiger partial charge in [-0.3, -0.25) is 4.79 Å². The molecule has 1 saturated heterocycles. The molecule has 0 radical (unpaired) electrons. The van der Waals surface area contributed by atoms with E-state index in [2.05, 4.69) is 0 Å². The van der Waals surface area contributed by atoms with Crippen molar-refractivity contribution in [1.82, 2.24) is 0 Å². The van der Waals surface area contributed by atoms with E-state index in [9.17, 15) is 30.0 Å². The smallest absolute Gasteiger partial charge is 0.331 e. The number of aromatic hydroxyl groups is 1. The lowest BCUT2D eigenvalue weighted by Gasteiger charge is -2.40. The number of aliphatic hydroxyl groups excluding tert-OH is 3. The fourth-order valence-electron chi connectivity index (χ4n) is 2.65. The molecule has 0 aromatic heterocycles. The quantitative estimate of drug-likeness (QED) is 0.358. The van der Waals surface area contributed by atoms with Gasteiger partial charge in [0.2, 0.25) is 0 Å².